The minimum Gasteiger partial charge on any atom is -0.460 e. The van der Waals surface area contributed by atoms with E-state index in [4.69, 9.17) is 14.2 Å². The fraction of sp³-hybridized carbons (Fsp3) is 0.200. The summed E-state index contributed by atoms with van der Waals surface area (Å²) in [6, 6.07) is 18.8. The van der Waals surface area contributed by atoms with E-state index in [1.807, 2.05) is 60.7 Å². The van der Waals surface area contributed by atoms with Crippen LogP contribution >= 0.6 is 0 Å². The lowest BCUT2D eigenvalue weighted by molar-refractivity contribution is -0.200. The summed E-state index contributed by atoms with van der Waals surface area (Å²) in [5.74, 6) is -3.19. The van der Waals surface area contributed by atoms with Crippen LogP contribution in [-0.2, 0) is 30.2 Å². The van der Waals surface area contributed by atoms with E-state index in [0.29, 0.717) is 6.42 Å². The van der Waals surface area contributed by atoms with Crippen LogP contribution in [0.5, 0.6) is 0 Å². The quantitative estimate of drug-likeness (QED) is 0.619. The molecule has 0 amide bonds. The van der Waals surface area contributed by atoms with E-state index in [2.05, 4.69) is 0 Å². The highest BCUT2D eigenvalue weighted by Crippen LogP contribution is 2.29. The Morgan fingerprint density at radius 3 is 2.36 bits per heavy atom. The monoisotopic (exact) mass is 338 g/mol. The third kappa shape index (κ3) is 4.07. The van der Waals surface area contributed by atoms with Crippen LogP contribution in [0.15, 0.2) is 66.4 Å². The topological polar surface area (TPSA) is 61.8 Å². The number of ether oxygens (including phenoxy) is 3. The summed E-state index contributed by atoms with van der Waals surface area (Å²) in [6.07, 6.45) is 2.11. The second kappa shape index (κ2) is 7.21. The van der Waals surface area contributed by atoms with E-state index in [9.17, 15) is 9.59 Å². The first-order valence-electron chi connectivity index (χ1n) is 7.97. The Hall–Kier alpha value is -3.08. The minimum atomic E-state index is -1.76. The van der Waals surface area contributed by atoms with Crippen LogP contribution in [0.4, 0.5) is 0 Å². The predicted molar refractivity (Wildman–Crippen MR) is 91.1 cm³/mol. The maximum Gasteiger partial charge on any atom is 0.392 e. The van der Waals surface area contributed by atoms with Crippen LogP contribution in [0.3, 0.4) is 0 Å². The van der Waals surface area contributed by atoms with Gasteiger partial charge in [0.25, 0.3) is 0 Å². The summed E-state index contributed by atoms with van der Waals surface area (Å²) in [6.45, 7) is 1.55. The van der Waals surface area contributed by atoms with Crippen molar-refractivity contribution in [3.05, 3.63) is 77.5 Å². The van der Waals surface area contributed by atoms with Crippen molar-refractivity contribution in [1.82, 2.24) is 0 Å². The normalized spacial score (nSPS) is 20.8. The van der Waals surface area contributed by atoms with Crippen molar-refractivity contribution in [1.29, 1.82) is 0 Å². The second-order valence-corrected chi connectivity index (χ2v) is 5.73. The van der Waals surface area contributed by atoms with E-state index >= 15 is 0 Å². The summed E-state index contributed by atoms with van der Waals surface area (Å²) in [7, 11) is 0. The van der Waals surface area contributed by atoms with E-state index in [1.165, 1.54) is 13.0 Å². The van der Waals surface area contributed by atoms with E-state index < -0.39 is 17.7 Å². The Morgan fingerprint density at radius 1 is 1.04 bits per heavy atom. The number of hydrogen-bond donors (Lipinski definition) is 0. The molecule has 0 aromatic heterocycles. The van der Waals surface area contributed by atoms with Crippen LogP contribution in [-0.4, -0.2) is 24.3 Å². The number of cyclic esters (lactones) is 1. The first kappa shape index (κ1) is 16.8. The molecule has 5 nitrogen and oxygen atoms in total. The summed E-state index contributed by atoms with van der Waals surface area (Å²) in [5.41, 5.74) is 1.82. The molecule has 1 atom stereocenters. The number of esters is 2. The van der Waals surface area contributed by atoms with Gasteiger partial charge in [-0.15, -0.1) is 0 Å². The van der Waals surface area contributed by atoms with Crippen LogP contribution < -0.4 is 0 Å². The van der Waals surface area contributed by atoms with Crippen molar-refractivity contribution >= 4 is 18.0 Å². The van der Waals surface area contributed by atoms with Gasteiger partial charge in [-0.1, -0.05) is 60.7 Å². The first-order chi connectivity index (χ1) is 12.1. The Bertz CT molecular complexity index is 782. The lowest BCUT2D eigenvalue weighted by atomic mass is 10.2. The van der Waals surface area contributed by atoms with E-state index in [-0.39, 0.29) is 12.4 Å². The molecule has 25 heavy (non-hydrogen) atoms. The Labute approximate surface area is 145 Å². The molecule has 1 heterocycles. The zero-order chi connectivity index (χ0) is 17.7. The Balaban J connectivity index is 1.61. The number of rotatable bonds is 5. The minimum absolute atomic E-state index is 0.0197. The van der Waals surface area contributed by atoms with Crippen molar-refractivity contribution in [2.45, 2.75) is 19.1 Å². The van der Waals surface area contributed by atoms with Crippen molar-refractivity contribution in [2.75, 3.05) is 6.61 Å². The SMILES string of the molecule is CC1(C(=O)OCCc2ccccc2)OC(=O)/C(=C/c2ccccc2)O1. The molecule has 128 valence electrons. The summed E-state index contributed by atoms with van der Waals surface area (Å²) < 4.78 is 15.8. The Morgan fingerprint density at radius 2 is 1.68 bits per heavy atom. The molecular weight excluding hydrogens is 320 g/mol. The van der Waals surface area contributed by atoms with Gasteiger partial charge in [0.05, 0.1) is 6.61 Å². The number of carbonyl (C=O) groups is 2. The maximum atomic E-state index is 12.2. The molecule has 0 bridgehead atoms. The molecule has 2 aromatic rings. The van der Waals surface area contributed by atoms with Crippen LogP contribution in [0, 0.1) is 0 Å². The third-order valence-electron chi connectivity index (χ3n) is 3.73. The highest BCUT2D eigenvalue weighted by atomic mass is 16.8. The summed E-state index contributed by atoms with van der Waals surface area (Å²) in [4.78, 5) is 24.2. The molecule has 1 aliphatic heterocycles. The average molecular weight is 338 g/mol. The van der Waals surface area contributed by atoms with Gasteiger partial charge in [0.15, 0.2) is 0 Å². The number of benzene rings is 2. The van der Waals surface area contributed by atoms with Gasteiger partial charge < -0.3 is 14.2 Å². The van der Waals surface area contributed by atoms with Gasteiger partial charge in [0.2, 0.25) is 5.76 Å². The molecular formula is C20H18O5. The maximum absolute atomic E-state index is 12.2. The number of hydrogen-bond acceptors (Lipinski definition) is 5. The second-order valence-electron chi connectivity index (χ2n) is 5.73. The molecule has 1 saturated heterocycles. The third-order valence-corrected chi connectivity index (χ3v) is 3.73. The highest BCUT2D eigenvalue weighted by Gasteiger charge is 2.49. The lowest BCUT2D eigenvalue weighted by Gasteiger charge is -2.19. The largest absolute Gasteiger partial charge is 0.460 e. The van der Waals surface area contributed by atoms with Gasteiger partial charge in [-0.2, -0.15) is 0 Å². The van der Waals surface area contributed by atoms with Crippen molar-refractivity contribution < 1.29 is 23.8 Å². The van der Waals surface area contributed by atoms with Gasteiger partial charge in [-0.25, -0.2) is 9.59 Å². The van der Waals surface area contributed by atoms with Crippen molar-refractivity contribution in [3.8, 4) is 0 Å². The molecule has 0 radical (unpaired) electrons. The van der Waals surface area contributed by atoms with Gasteiger partial charge in [-0.3, -0.25) is 0 Å². The molecule has 2 aromatic carbocycles. The number of carbonyl (C=O) groups excluding carboxylic acids is 2. The van der Waals surface area contributed by atoms with Crippen molar-refractivity contribution in [3.63, 3.8) is 0 Å². The first-order valence-corrected chi connectivity index (χ1v) is 7.97. The predicted octanol–water partition coefficient (Wildman–Crippen LogP) is 3.10. The lowest BCUT2D eigenvalue weighted by Crippen LogP contribution is -2.38. The van der Waals surface area contributed by atoms with Crippen LogP contribution in [0.25, 0.3) is 6.08 Å². The zero-order valence-corrected chi connectivity index (χ0v) is 13.8. The molecule has 1 unspecified atom stereocenters. The molecule has 0 spiro atoms. The summed E-state index contributed by atoms with van der Waals surface area (Å²) >= 11 is 0. The van der Waals surface area contributed by atoms with Crippen LogP contribution in [0.1, 0.15) is 18.1 Å². The average Bonchev–Trinajstić information content (AvgIpc) is 2.91. The highest BCUT2D eigenvalue weighted by molar-refractivity contribution is 5.97. The van der Waals surface area contributed by atoms with E-state index in [1.54, 1.807) is 0 Å². The summed E-state index contributed by atoms with van der Waals surface area (Å²) in [5, 5.41) is 0. The molecule has 5 heteroatoms. The molecule has 0 N–H and O–H groups in total. The van der Waals surface area contributed by atoms with Gasteiger partial charge in [-0.05, 0) is 17.2 Å². The standard InChI is InChI=1S/C20H18O5/c1-20(19(22)23-13-12-15-8-4-2-5-9-15)24-17(18(21)25-20)14-16-10-6-3-7-11-16/h2-11,14H,12-13H2,1H3/b17-14-. The van der Waals surface area contributed by atoms with E-state index in [0.717, 1.165) is 11.1 Å². The molecule has 3 rings (SSSR count). The van der Waals surface area contributed by atoms with Gasteiger partial charge in [0.1, 0.15) is 0 Å². The van der Waals surface area contributed by atoms with Crippen LogP contribution in [0.2, 0.25) is 0 Å². The van der Waals surface area contributed by atoms with Gasteiger partial charge >= 0.3 is 17.7 Å². The Kier molecular flexibility index (Phi) is 4.84. The fourth-order valence-corrected chi connectivity index (χ4v) is 2.41. The molecule has 1 aliphatic rings. The smallest absolute Gasteiger partial charge is 0.392 e. The van der Waals surface area contributed by atoms with Crippen molar-refractivity contribution in [2.24, 2.45) is 0 Å². The molecule has 1 fully saturated rings. The van der Waals surface area contributed by atoms with Gasteiger partial charge in [0, 0.05) is 13.3 Å². The molecule has 0 saturated carbocycles. The molecule has 0 aliphatic carbocycles. The zero-order valence-electron chi connectivity index (χ0n) is 13.8. The fourth-order valence-electron chi connectivity index (χ4n) is 2.41.